The number of hydrogen-bond acceptors (Lipinski definition) is 1. The van der Waals surface area contributed by atoms with Crippen LogP contribution in [0.2, 0.25) is 0 Å². The van der Waals surface area contributed by atoms with Crippen LogP contribution >= 0.6 is 11.3 Å². The summed E-state index contributed by atoms with van der Waals surface area (Å²) in [6.07, 6.45) is 0. The van der Waals surface area contributed by atoms with Crippen molar-refractivity contribution in [2.45, 2.75) is 0 Å². The maximum atomic E-state index is 2.52. The number of rotatable bonds is 3. The third-order valence-electron chi connectivity index (χ3n) is 10.3. The van der Waals surface area contributed by atoms with E-state index in [9.17, 15) is 0 Å². The van der Waals surface area contributed by atoms with E-state index in [4.69, 9.17) is 0 Å². The Morgan fingerprint density at radius 3 is 1.86 bits per heavy atom. The molecule has 0 aliphatic heterocycles. The molecule has 0 aliphatic rings. The maximum Gasteiger partial charge on any atom is 0.0720 e. The summed E-state index contributed by atoms with van der Waals surface area (Å²) in [4.78, 5) is 0. The summed E-state index contributed by atoms with van der Waals surface area (Å²) in [6.45, 7) is 0. The van der Waals surface area contributed by atoms with Crippen molar-refractivity contribution in [3.63, 3.8) is 0 Å². The summed E-state index contributed by atoms with van der Waals surface area (Å²) in [6, 6.07) is 62.3. The predicted molar refractivity (Wildman–Crippen MR) is 211 cm³/mol. The topological polar surface area (TPSA) is 9.86 Å². The van der Waals surface area contributed by atoms with Gasteiger partial charge in [-0.3, -0.25) is 0 Å². The second kappa shape index (κ2) is 10.2. The lowest BCUT2D eigenvalue weighted by atomic mass is 9.95. The number of benzene rings is 8. The van der Waals surface area contributed by atoms with Gasteiger partial charge in [-0.2, -0.15) is 0 Å². The van der Waals surface area contributed by atoms with Crippen molar-refractivity contribution in [2.75, 3.05) is 0 Å². The van der Waals surface area contributed by atoms with Crippen molar-refractivity contribution in [2.24, 2.45) is 0 Å². The Morgan fingerprint density at radius 1 is 0.388 bits per heavy atom. The van der Waals surface area contributed by atoms with Gasteiger partial charge >= 0.3 is 0 Å². The number of aromatic nitrogens is 2. The van der Waals surface area contributed by atoms with Gasteiger partial charge in [0.2, 0.25) is 0 Å². The lowest BCUT2D eigenvalue weighted by molar-refractivity contribution is 1.18. The van der Waals surface area contributed by atoms with Crippen LogP contribution in [0.15, 0.2) is 170 Å². The highest BCUT2D eigenvalue weighted by molar-refractivity contribution is 7.26. The SMILES string of the molecule is c1ccc(-n2c3ccccc3c3cc(-c4cc5c6ccc7ccccc7c6n(-c6ccccc6)c5c5sc6ccccc6c45)ccc32)cc1. The summed E-state index contributed by atoms with van der Waals surface area (Å²) < 4.78 is 7.55. The van der Waals surface area contributed by atoms with E-state index >= 15 is 0 Å². The van der Waals surface area contributed by atoms with E-state index in [0.29, 0.717) is 0 Å². The van der Waals surface area contributed by atoms with Gasteiger partial charge in [0.15, 0.2) is 0 Å². The van der Waals surface area contributed by atoms with E-state index in [1.165, 1.54) is 97.1 Å². The van der Waals surface area contributed by atoms with Crippen LogP contribution in [0.1, 0.15) is 0 Å². The quantitative estimate of drug-likeness (QED) is 0.182. The normalized spacial score (nSPS) is 12.1. The smallest absolute Gasteiger partial charge is 0.0720 e. The first kappa shape index (κ1) is 26.9. The van der Waals surface area contributed by atoms with Crippen molar-refractivity contribution < 1.29 is 0 Å². The molecule has 0 spiro atoms. The van der Waals surface area contributed by atoms with Crippen LogP contribution in [0.4, 0.5) is 0 Å². The van der Waals surface area contributed by atoms with Gasteiger partial charge in [-0.15, -0.1) is 11.3 Å². The van der Waals surface area contributed by atoms with Crippen molar-refractivity contribution in [1.29, 1.82) is 0 Å². The predicted octanol–water partition coefficient (Wildman–Crippen LogP) is 13.1. The van der Waals surface area contributed by atoms with Crippen LogP contribution in [0, 0.1) is 0 Å². The molecule has 0 saturated heterocycles. The molecule has 8 aromatic carbocycles. The van der Waals surface area contributed by atoms with Crippen molar-refractivity contribution in [3.05, 3.63) is 170 Å². The molecule has 0 aliphatic carbocycles. The van der Waals surface area contributed by atoms with Crippen LogP contribution in [0.25, 0.3) is 97.1 Å². The molecule has 0 N–H and O–H groups in total. The fourth-order valence-corrected chi connectivity index (χ4v) is 9.46. The molecule has 228 valence electrons. The third-order valence-corrected chi connectivity index (χ3v) is 11.5. The summed E-state index contributed by atoms with van der Waals surface area (Å²) in [5.74, 6) is 0. The first-order valence-corrected chi connectivity index (χ1v) is 17.6. The van der Waals surface area contributed by atoms with Gasteiger partial charge < -0.3 is 9.13 Å². The first-order chi connectivity index (χ1) is 24.3. The van der Waals surface area contributed by atoms with Gasteiger partial charge in [-0.05, 0) is 71.1 Å². The molecule has 0 unspecified atom stereocenters. The van der Waals surface area contributed by atoms with Gasteiger partial charge in [0.05, 0.1) is 26.8 Å². The fraction of sp³-hybridized carbons (Fsp3) is 0. The first-order valence-electron chi connectivity index (χ1n) is 16.8. The molecule has 0 bridgehead atoms. The number of thiophene rings is 1. The van der Waals surface area contributed by atoms with Crippen LogP contribution in [-0.2, 0) is 0 Å². The maximum absolute atomic E-state index is 2.52. The zero-order valence-electron chi connectivity index (χ0n) is 26.5. The van der Waals surface area contributed by atoms with E-state index < -0.39 is 0 Å². The summed E-state index contributed by atoms with van der Waals surface area (Å²) in [5, 5.41) is 10.2. The number of nitrogens with zero attached hydrogens (tertiary/aromatic N) is 2. The molecule has 0 saturated carbocycles. The molecule has 11 aromatic rings. The molecule has 11 rings (SSSR count). The highest BCUT2D eigenvalue weighted by atomic mass is 32.1. The van der Waals surface area contributed by atoms with Crippen molar-refractivity contribution >= 4 is 85.9 Å². The van der Waals surface area contributed by atoms with Gasteiger partial charge in [-0.25, -0.2) is 0 Å². The lowest BCUT2D eigenvalue weighted by Gasteiger charge is -2.12. The fourth-order valence-electron chi connectivity index (χ4n) is 8.20. The molecule has 0 fully saturated rings. The van der Waals surface area contributed by atoms with E-state index in [-0.39, 0.29) is 0 Å². The Morgan fingerprint density at radius 2 is 1.04 bits per heavy atom. The molecular weight excluding hydrogens is 613 g/mol. The highest BCUT2D eigenvalue weighted by Crippen LogP contribution is 2.49. The van der Waals surface area contributed by atoms with Crippen LogP contribution in [-0.4, -0.2) is 9.13 Å². The zero-order chi connectivity index (χ0) is 32.1. The summed E-state index contributed by atoms with van der Waals surface area (Å²) in [7, 11) is 0. The van der Waals surface area contributed by atoms with Crippen LogP contribution < -0.4 is 0 Å². The Kier molecular flexibility index (Phi) is 5.57. The molecule has 0 radical (unpaired) electrons. The lowest BCUT2D eigenvalue weighted by Crippen LogP contribution is -1.94. The molecule has 49 heavy (non-hydrogen) atoms. The average Bonchev–Trinajstić information content (AvgIpc) is 3.83. The number of para-hydroxylation sites is 3. The summed E-state index contributed by atoms with van der Waals surface area (Å²) >= 11 is 1.91. The van der Waals surface area contributed by atoms with E-state index in [1.54, 1.807) is 0 Å². The van der Waals surface area contributed by atoms with E-state index in [2.05, 4.69) is 179 Å². The Hall–Kier alpha value is -6.16. The van der Waals surface area contributed by atoms with Crippen molar-refractivity contribution in [1.82, 2.24) is 9.13 Å². The second-order valence-electron chi connectivity index (χ2n) is 12.9. The number of fused-ring (bicyclic) bond motifs is 12. The Balaban J connectivity index is 1.31. The van der Waals surface area contributed by atoms with Gasteiger partial charge in [0, 0.05) is 53.8 Å². The Labute approximate surface area is 286 Å². The molecular formula is C46H28N2S. The highest BCUT2D eigenvalue weighted by Gasteiger charge is 2.23. The van der Waals surface area contributed by atoms with E-state index in [0.717, 1.165) is 0 Å². The second-order valence-corrected chi connectivity index (χ2v) is 13.9. The molecule has 2 nitrogen and oxygen atoms in total. The largest absolute Gasteiger partial charge is 0.309 e. The van der Waals surface area contributed by atoms with E-state index in [1.807, 2.05) is 11.3 Å². The number of hydrogen-bond donors (Lipinski definition) is 0. The molecule has 0 atom stereocenters. The molecule has 0 amide bonds. The van der Waals surface area contributed by atoms with Gasteiger partial charge in [-0.1, -0.05) is 115 Å². The molecule has 3 aromatic heterocycles. The monoisotopic (exact) mass is 640 g/mol. The van der Waals surface area contributed by atoms with Crippen LogP contribution in [0.5, 0.6) is 0 Å². The standard InChI is InChI=1S/C46H28N2S/c1-3-14-31(15-4-1)47-40-21-11-9-19-34(40)38-27-30(24-26-41(38)47)37-28-39-35-25-23-29-13-7-8-18-33(29)44(35)48(32-16-5-2-6-17-32)45(39)46-43(37)36-20-10-12-22-42(36)49-46/h1-28H. The molecule has 3 heterocycles. The molecule has 3 heteroatoms. The minimum absolute atomic E-state index is 1.18. The van der Waals surface area contributed by atoms with Gasteiger partial charge in [0.1, 0.15) is 0 Å². The minimum Gasteiger partial charge on any atom is -0.309 e. The minimum atomic E-state index is 1.18. The van der Waals surface area contributed by atoms with Gasteiger partial charge in [0.25, 0.3) is 0 Å². The van der Waals surface area contributed by atoms with Crippen LogP contribution in [0.3, 0.4) is 0 Å². The third kappa shape index (κ3) is 3.76. The Bertz CT molecular complexity index is 3090. The average molecular weight is 641 g/mol. The zero-order valence-corrected chi connectivity index (χ0v) is 27.3. The van der Waals surface area contributed by atoms with Crippen molar-refractivity contribution in [3.8, 4) is 22.5 Å². The summed E-state index contributed by atoms with van der Waals surface area (Å²) in [5.41, 5.74) is 9.85.